The van der Waals surface area contributed by atoms with Gasteiger partial charge in [0, 0.05) is 16.8 Å². The molecule has 1 amide bonds. The van der Waals surface area contributed by atoms with E-state index in [1.165, 1.54) is 0 Å². The Morgan fingerprint density at radius 3 is 1.82 bits per heavy atom. The number of amides is 1. The highest BCUT2D eigenvalue weighted by atomic mass is 31.2. The van der Waals surface area contributed by atoms with Crippen LogP contribution in [-0.4, -0.2) is 22.8 Å². The van der Waals surface area contributed by atoms with Crippen molar-refractivity contribution in [3.63, 3.8) is 0 Å². The van der Waals surface area contributed by atoms with Gasteiger partial charge in [0.05, 0.1) is 6.54 Å². The molecule has 3 aromatic rings. The van der Waals surface area contributed by atoms with Crippen LogP contribution in [0.3, 0.4) is 0 Å². The standard InChI is InChI=1S/C22H22NO4P/c1-2-23(22(24)25)27-19-15-13-18(14-16-19)17-28(26,20-9-5-3-6-10-20)21-11-7-4-8-12-21/h3-16H,2,17H2,1H3,(H,24,25). The molecule has 0 aliphatic rings. The van der Waals surface area contributed by atoms with E-state index in [0.717, 1.165) is 21.2 Å². The number of benzene rings is 3. The molecule has 3 aromatic carbocycles. The van der Waals surface area contributed by atoms with Gasteiger partial charge in [0.2, 0.25) is 0 Å². The first-order valence-corrected chi connectivity index (χ1v) is 10.9. The molecule has 0 bridgehead atoms. The molecule has 5 nitrogen and oxygen atoms in total. The maximum Gasteiger partial charge on any atom is 0.440 e. The van der Waals surface area contributed by atoms with Crippen LogP contribution in [0.2, 0.25) is 0 Å². The van der Waals surface area contributed by atoms with Gasteiger partial charge in [-0.05, 0) is 24.6 Å². The minimum Gasteiger partial charge on any atom is -0.463 e. The third kappa shape index (κ3) is 4.44. The zero-order chi connectivity index (χ0) is 20.0. The zero-order valence-corrected chi connectivity index (χ0v) is 16.5. The molecule has 28 heavy (non-hydrogen) atoms. The first kappa shape index (κ1) is 19.7. The SMILES string of the molecule is CCN(Oc1ccc(CP(=O)(c2ccccc2)c2ccccc2)cc1)C(=O)O. The fraction of sp³-hybridized carbons (Fsp3) is 0.136. The maximum atomic E-state index is 14.1. The van der Waals surface area contributed by atoms with Crippen molar-refractivity contribution in [1.29, 1.82) is 0 Å². The van der Waals surface area contributed by atoms with Crippen molar-refractivity contribution in [1.82, 2.24) is 5.06 Å². The topological polar surface area (TPSA) is 66.8 Å². The van der Waals surface area contributed by atoms with Gasteiger partial charge >= 0.3 is 6.09 Å². The summed E-state index contributed by atoms with van der Waals surface area (Å²) in [7, 11) is -2.86. The van der Waals surface area contributed by atoms with Crippen molar-refractivity contribution in [3.8, 4) is 5.75 Å². The van der Waals surface area contributed by atoms with E-state index in [-0.39, 0.29) is 6.54 Å². The van der Waals surface area contributed by atoms with Crippen molar-refractivity contribution < 1.29 is 19.3 Å². The molecule has 0 atom stereocenters. The Morgan fingerprint density at radius 2 is 1.39 bits per heavy atom. The number of hydroxylamine groups is 2. The molecule has 0 aromatic heterocycles. The minimum absolute atomic E-state index is 0.217. The third-order valence-corrected chi connectivity index (χ3v) is 7.47. The van der Waals surface area contributed by atoms with Gasteiger partial charge < -0.3 is 14.5 Å². The second kappa shape index (κ2) is 8.77. The summed E-state index contributed by atoms with van der Waals surface area (Å²) in [5, 5.41) is 11.5. The summed E-state index contributed by atoms with van der Waals surface area (Å²) in [5.74, 6) is 0.419. The molecule has 0 radical (unpaired) electrons. The number of hydrogen-bond donors (Lipinski definition) is 1. The molecule has 0 aliphatic carbocycles. The van der Waals surface area contributed by atoms with Crippen molar-refractivity contribution in [3.05, 3.63) is 90.5 Å². The van der Waals surface area contributed by atoms with Crippen LogP contribution in [0.1, 0.15) is 12.5 Å². The van der Waals surface area contributed by atoms with Crippen LogP contribution in [0.15, 0.2) is 84.9 Å². The Kier molecular flexibility index (Phi) is 6.17. The average Bonchev–Trinajstić information content (AvgIpc) is 2.74. The number of rotatable bonds is 7. The van der Waals surface area contributed by atoms with Crippen molar-refractivity contribution >= 4 is 23.8 Å². The molecule has 0 spiro atoms. The van der Waals surface area contributed by atoms with Gasteiger partial charge in [-0.2, -0.15) is 0 Å². The van der Waals surface area contributed by atoms with Gasteiger partial charge in [-0.15, -0.1) is 5.06 Å². The van der Waals surface area contributed by atoms with E-state index in [0.29, 0.717) is 11.9 Å². The third-order valence-electron chi connectivity index (χ3n) is 4.39. The largest absolute Gasteiger partial charge is 0.463 e. The summed E-state index contributed by atoms with van der Waals surface area (Å²) in [4.78, 5) is 16.4. The van der Waals surface area contributed by atoms with Gasteiger partial charge in [0.1, 0.15) is 7.14 Å². The molecule has 0 aliphatic heterocycles. The second-order valence-electron chi connectivity index (χ2n) is 6.28. The summed E-state index contributed by atoms with van der Waals surface area (Å²) in [5.41, 5.74) is 0.891. The summed E-state index contributed by atoms with van der Waals surface area (Å²) in [6, 6.07) is 26.0. The van der Waals surface area contributed by atoms with E-state index < -0.39 is 13.2 Å². The summed E-state index contributed by atoms with van der Waals surface area (Å²) < 4.78 is 14.1. The van der Waals surface area contributed by atoms with Crippen molar-refractivity contribution in [2.24, 2.45) is 0 Å². The molecule has 144 valence electrons. The molecule has 0 heterocycles. The van der Waals surface area contributed by atoms with Crippen LogP contribution in [0.25, 0.3) is 0 Å². The van der Waals surface area contributed by atoms with E-state index in [1.54, 1.807) is 19.1 Å². The number of carboxylic acid groups (broad SMARTS) is 1. The molecular weight excluding hydrogens is 373 g/mol. The number of nitrogens with zero attached hydrogens (tertiary/aromatic N) is 1. The van der Waals surface area contributed by atoms with Crippen LogP contribution >= 0.6 is 7.14 Å². The highest BCUT2D eigenvalue weighted by molar-refractivity contribution is 7.78. The molecule has 6 heteroatoms. The van der Waals surface area contributed by atoms with E-state index in [2.05, 4.69) is 0 Å². The lowest BCUT2D eigenvalue weighted by atomic mass is 10.2. The van der Waals surface area contributed by atoms with E-state index >= 15 is 0 Å². The van der Waals surface area contributed by atoms with Gasteiger partial charge in [0.15, 0.2) is 5.75 Å². The smallest absolute Gasteiger partial charge is 0.440 e. The van der Waals surface area contributed by atoms with Crippen LogP contribution in [0.4, 0.5) is 4.79 Å². The quantitative estimate of drug-likeness (QED) is 0.473. The lowest BCUT2D eigenvalue weighted by Crippen LogP contribution is -2.32. The molecule has 3 rings (SSSR count). The minimum atomic E-state index is -2.86. The predicted molar refractivity (Wildman–Crippen MR) is 111 cm³/mol. The second-order valence-corrected chi connectivity index (χ2v) is 9.11. The van der Waals surface area contributed by atoms with E-state index in [1.807, 2.05) is 72.8 Å². The number of hydrogen-bond acceptors (Lipinski definition) is 3. The summed E-state index contributed by atoms with van der Waals surface area (Å²) >= 11 is 0. The van der Waals surface area contributed by atoms with Gasteiger partial charge in [-0.1, -0.05) is 72.8 Å². The Bertz CT molecular complexity index is 915. The van der Waals surface area contributed by atoms with Crippen LogP contribution in [0, 0.1) is 0 Å². The van der Waals surface area contributed by atoms with Crippen LogP contribution in [0.5, 0.6) is 5.75 Å². The monoisotopic (exact) mass is 395 g/mol. The summed E-state index contributed by atoms with van der Waals surface area (Å²) in [6.45, 7) is 1.91. The van der Waals surface area contributed by atoms with Gasteiger partial charge in [0.25, 0.3) is 0 Å². The summed E-state index contributed by atoms with van der Waals surface area (Å²) in [6.07, 6.45) is -0.776. The van der Waals surface area contributed by atoms with Crippen LogP contribution in [-0.2, 0) is 10.7 Å². The molecule has 0 fully saturated rings. The Labute approximate surface area is 164 Å². The predicted octanol–water partition coefficient (Wildman–Crippen LogP) is 4.49. The van der Waals surface area contributed by atoms with E-state index in [9.17, 15) is 9.36 Å². The molecule has 1 N–H and O–H groups in total. The van der Waals surface area contributed by atoms with Gasteiger partial charge in [-0.25, -0.2) is 4.79 Å². The maximum absolute atomic E-state index is 14.1. The Balaban J connectivity index is 1.88. The first-order chi connectivity index (χ1) is 13.5. The number of carbonyl (C=O) groups is 1. The van der Waals surface area contributed by atoms with Gasteiger partial charge in [-0.3, -0.25) is 0 Å². The van der Waals surface area contributed by atoms with Crippen molar-refractivity contribution in [2.75, 3.05) is 6.54 Å². The first-order valence-electron chi connectivity index (χ1n) is 9.00. The molecule has 0 saturated heterocycles. The van der Waals surface area contributed by atoms with E-state index in [4.69, 9.17) is 9.94 Å². The average molecular weight is 395 g/mol. The molecule has 0 unspecified atom stereocenters. The highest BCUT2D eigenvalue weighted by Gasteiger charge is 2.27. The molecule has 0 saturated carbocycles. The Morgan fingerprint density at radius 1 is 0.893 bits per heavy atom. The normalized spacial score (nSPS) is 11.0. The van der Waals surface area contributed by atoms with Crippen LogP contribution < -0.4 is 15.4 Å². The Hall–Kier alpha value is -3.04. The fourth-order valence-corrected chi connectivity index (χ4v) is 5.64. The lowest BCUT2D eigenvalue weighted by Gasteiger charge is -2.20. The molecular formula is C22H22NO4P. The lowest BCUT2D eigenvalue weighted by molar-refractivity contribution is -0.0315. The zero-order valence-electron chi connectivity index (χ0n) is 15.6. The van der Waals surface area contributed by atoms with Crippen molar-refractivity contribution in [2.45, 2.75) is 13.1 Å². The fourth-order valence-electron chi connectivity index (χ4n) is 2.95. The highest BCUT2D eigenvalue weighted by Crippen LogP contribution is 2.46.